The Morgan fingerprint density at radius 3 is 1.29 bits per heavy atom. The minimum Gasteiger partial charge on any atom is -0.312 e. The lowest BCUT2D eigenvalue weighted by atomic mass is 9.32. The molecule has 76 heavy (non-hydrogen) atoms. The third-order valence-corrected chi connectivity index (χ3v) is 22.1. The van der Waals surface area contributed by atoms with Crippen molar-refractivity contribution in [3.05, 3.63) is 141 Å². The van der Waals surface area contributed by atoms with Crippen LogP contribution in [0.2, 0.25) is 0 Å². The van der Waals surface area contributed by atoms with Crippen LogP contribution in [0.3, 0.4) is 0 Å². The van der Waals surface area contributed by atoms with Gasteiger partial charge < -0.3 is 9.80 Å². The normalized spacial score (nSPS) is 24.9. The zero-order valence-electron chi connectivity index (χ0n) is 50.9. The molecular weight excluding hydrogens is 916 g/mol. The van der Waals surface area contributed by atoms with Crippen molar-refractivity contribution in [2.24, 2.45) is 22.7 Å². The number of fused-ring (bicyclic) bond motifs is 8. The first-order chi connectivity index (χ1) is 35.1. The fourth-order valence-corrected chi connectivity index (χ4v) is 16.2. The van der Waals surface area contributed by atoms with Crippen LogP contribution >= 0.6 is 0 Å². The second kappa shape index (κ2) is 16.2. The Morgan fingerprint density at radius 1 is 0.434 bits per heavy atom. The highest BCUT2D eigenvalue weighted by molar-refractivity contribution is 7.00. The first kappa shape index (κ1) is 52.0. The predicted octanol–water partition coefficient (Wildman–Crippen LogP) is 18.3. The molecule has 5 aromatic carbocycles. The molecule has 2 heterocycles. The van der Waals surface area contributed by atoms with E-state index in [9.17, 15) is 0 Å². The van der Waals surface area contributed by atoms with Crippen LogP contribution in [-0.4, -0.2) is 6.71 Å². The monoisotopic (exact) mass is 1010 g/mol. The molecule has 398 valence electrons. The van der Waals surface area contributed by atoms with Gasteiger partial charge in [0.15, 0.2) is 0 Å². The number of nitrogens with zero attached hydrogens (tertiary/aromatic N) is 2. The van der Waals surface area contributed by atoms with E-state index in [2.05, 4.69) is 239 Å². The molecule has 0 aromatic heterocycles. The average Bonchev–Trinajstić information content (AvgIpc) is 3.35. The zero-order chi connectivity index (χ0) is 54.6. The van der Waals surface area contributed by atoms with Crippen LogP contribution in [0.1, 0.15) is 227 Å². The van der Waals surface area contributed by atoms with Gasteiger partial charge in [0.25, 0.3) is 6.71 Å². The van der Waals surface area contributed by atoms with E-state index in [0.29, 0.717) is 11.8 Å². The standard InChI is InChI=1S/C73H93BN2/c1-44-35-62-64-63(36-44)76(59-41-54-51(68(9,10)29-32-71(54,15)16)38-48(59)45-21-23-46(24-22-45)65(2,3)4)61-43-56-53(70(13,14)31-34-73(56,19)20)40-58(61)74(64)57-39-52-55(72(17,18)33-30-69(52,11)12)42-60(57)75(62)47-25-26-49-50(37-47)67(7,8)28-27-66(49,5)6/h21-26,35-43,49-50H,27-34H2,1-20H3. The van der Waals surface area contributed by atoms with Crippen molar-refractivity contribution in [3.63, 3.8) is 0 Å². The molecule has 2 nitrogen and oxygen atoms in total. The SMILES string of the molecule is Cc1cc2c3c(c1)N(c1cc4c(cc1-c1ccc(C(C)(C)C)cc1)C(C)(C)CCC4(C)C)c1cc4c(cc1B3c1cc3c(cc1N2C1=CC2C(C=C1)C(C)(C)CCC2(C)C)C(C)(C)CCC3(C)C)C(C)(C)CCC4(C)C. The van der Waals surface area contributed by atoms with E-state index in [1.807, 2.05) is 0 Å². The number of allylic oxidation sites excluding steroid dienone is 3. The minimum absolute atomic E-state index is 0.0256. The number of hydrogen-bond acceptors (Lipinski definition) is 2. The van der Waals surface area contributed by atoms with Crippen LogP contribution in [0, 0.1) is 29.6 Å². The van der Waals surface area contributed by atoms with Gasteiger partial charge >= 0.3 is 0 Å². The molecule has 12 rings (SSSR count). The van der Waals surface area contributed by atoms with Crippen molar-refractivity contribution in [1.29, 1.82) is 0 Å². The Balaban J connectivity index is 1.22. The van der Waals surface area contributed by atoms with Gasteiger partial charge in [0.2, 0.25) is 0 Å². The maximum absolute atomic E-state index is 2.82. The second-order valence-corrected chi connectivity index (χ2v) is 32.3. The van der Waals surface area contributed by atoms with Crippen molar-refractivity contribution < 1.29 is 0 Å². The summed E-state index contributed by atoms with van der Waals surface area (Å²) in [6, 6.07) is 31.2. The highest BCUT2D eigenvalue weighted by atomic mass is 15.2. The first-order valence-electron chi connectivity index (χ1n) is 30.0. The largest absolute Gasteiger partial charge is 0.312 e. The lowest BCUT2D eigenvalue weighted by Crippen LogP contribution is -2.62. The Hall–Kier alpha value is -4.76. The summed E-state index contributed by atoms with van der Waals surface area (Å²) >= 11 is 0. The van der Waals surface area contributed by atoms with E-state index in [0.717, 1.165) is 0 Å². The summed E-state index contributed by atoms with van der Waals surface area (Å²) in [4.78, 5) is 5.61. The van der Waals surface area contributed by atoms with E-state index in [4.69, 9.17) is 0 Å². The van der Waals surface area contributed by atoms with Crippen LogP contribution in [0.25, 0.3) is 11.1 Å². The first-order valence-corrected chi connectivity index (χ1v) is 30.0. The molecule has 0 N–H and O–H groups in total. The summed E-state index contributed by atoms with van der Waals surface area (Å²) in [5.41, 5.74) is 27.7. The summed E-state index contributed by atoms with van der Waals surface area (Å²) in [5, 5.41) is 0. The predicted molar refractivity (Wildman–Crippen MR) is 330 cm³/mol. The van der Waals surface area contributed by atoms with Crippen LogP contribution in [0.5, 0.6) is 0 Å². The Labute approximate surface area is 461 Å². The van der Waals surface area contributed by atoms with E-state index in [1.54, 1.807) is 11.1 Å². The van der Waals surface area contributed by atoms with Gasteiger partial charge in [0, 0.05) is 34.0 Å². The molecule has 0 amide bonds. The molecule has 2 unspecified atom stereocenters. The summed E-state index contributed by atoms with van der Waals surface area (Å²) in [5.74, 6) is 0.942. The summed E-state index contributed by atoms with van der Waals surface area (Å²) < 4.78 is 0. The summed E-state index contributed by atoms with van der Waals surface area (Å²) in [6.07, 6.45) is 17.5. The molecule has 7 aliphatic rings. The van der Waals surface area contributed by atoms with Crippen LogP contribution in [0.15, 0.2) is 96.7 Å². The number of rotatable bonds is 3. The Bertz CT molecular complexity index is 3330. The molecule has 0 saturated heterocycles. The Morgan fingerprint density at radius 2 is 0.829 bits per heavy atom. The zero-order valence-corrected chi connectivity index (χ0v) is 50.9. The molecule has 1 fully saturated rings. The van der Waals surface area contributed by atoms with E-state index >= 15 is 0 Å². The topological polar surface area (TPSA) is 6.48 Å². The van der Waals surface area contributed by atoms with Crippen molar-refractivity contribution in [2.45, 2.75) is 228 Å². The van der Waals surface area contributed by atoms with Gasteiger partial charge in [0.05, 0.1) is 5.69 Å². The van der Waals surface area contributed by atoms with Crippen molar-refractivity contribution in [2.75, 3.05) is 9.80 Å². The van der Waals surface area contributed by atoms with Gasteiger partial charge in [-0.05, 0) is 228 Å². The van der Waals surface area contributed by atoms with Gasteiger partial charge in [0.1, 0.15) is 0 Å². The van der Waals surface area contributed by atoms with Gasteiger partial charge in [-0.15, -0.1) is 0 Å². The third-order valence-electron chi connectivity index (χ3n) is 22.1. The van der Waals surface area contributed by atoms with Crippen molar-refractivity contribution in [3.8, 4) is 11.1 Å². The molecule has 2 aliphatic heterocycles. The number of hydrogen-bond donors (Lipinski definition) is 0. The number of anilines is 5. The van der Waals surface area contributed by atoms with Gasteiger partial charge in [-0.1, -0.05) is 180 Å². The van der Waals surface area contributed by atoms with Gasteiger partial charge in [-0.2, -0.15) is 0 Å². The maximum Gasteiger partial charge on any atom is 0.252 e. The molecule has 5 aromatic rings. The molecule has 2 atom stereocenters. The van der Waals surface area contributed by atoms with Crippen LogP contribution < -0.4 is 26.2 Å². The van der Waals surface area contributed by atoms with Crippen LogP contribution in [0.4, 0.5) is 28.4 Å². The highest BCUT2D eigenvalue weighted by Crippen LogP contribution is 2.59. The fourth-order valence-electron chi connectivity index (χ4n) is 16.2. The minimum atomic E-state index is 0.0256. The number of benzene rings is 5. The molecular formula is C73H93BN2. The molecule has 1 saturated carbocycles. The van der Waals surface area contributed by atoms with E-state index < -0.39 is 0 Å². The quantitative estimate of drug-likeness (QED) is 0.163. The molecule has 5 aliphatic carbocycles. The van der Waals surface area contributed by atoms with Gasteiger partial charge in [-0.25, -0.2) is 0 Å². The van der Waals surface area contributed by atoms with Crippen molar-refractivity contribution >= 4 is 51.5 Å². The molecule has 0 bridgehead atoms. The lowest BCUT2D eigenvalue weighted by Gasteiger charge is -2.53. The maximum atomic E-state index is 2.82. The van der Waals surface area contributed by atoms with Crippen LogP contribution in [-0.2, 0) is 37.9 Å². The summed E-state index contributed by atoms with van der Waals surface area (Å²) in [6.45, 7) is 49.9. The smallest absolute Gasteiger partial charge is 0.252 e. The molecule has 3 heteroatoms. The molecule has 0 radical (unpaired) electrons. The second-order valence-electron chi connectivity index (χ2n) is 32.3. The third kappa shape index (κ3) is 7.73. The summed E-state index contributed by atoms with van der Waals surface area (Å²) in [7, 11) is 0. The highest BCUT2D eigenvalue weighted by Gasteiger charge is 2.52. The number of aryl methyl sites for hydroxylation is 1. The molecule has 0 spiro atoms. The van der Waals surface area contributed by atoms with Crippen molar-refractivity contribution in [1.82, 2.24) is 0 Å². The van der Waals surface area contributed by atoms with Gasteiger partial charge in [-0.3, -0.25) is 0 Å². The Kier molecular flexibility index (Phi) is 11.1. The fraction of sp³-hybridized carbons (Fsp3) is 0.534. The lowest BCUT2D eigenvalue weighted by molar-refractivity contribution is 0.0327. The average molecular weight is 1010 g/mol. The van der Waals surface area contributed by atoms with E-state index in [-0.39, 0.29) is 55.4 Å². The van der Waals surface area contributed by atoms with E-state index in [1.165, 1.54) is 146 Å².